The predicted molar refractivity (Wildman–Crippen MR) is 138 cm³/mol. The Balaban J connectivity index is 1.31. The van der Waals surface area contributed by atoms with Gasteiger partial charge in [0.1, 0.15) is 5.54 Å². The molecule has 0 aromatic heterocycles. The topological polar surface area (TPSA) is 43.9 Å². The quantitative estimate of drug-likeness (QED) is 0.448. The summed E-state index contributed by atoms with van der Waals surface area (Å²) in [5, 5.41) is 0. The highest BCUT2D eigenvalue weighted by Crippen LogP contribution is 2.38. The van der Waals surface area contributed by atoms with Crippen LogP contribution in [0.5, 0.6) is 0 Å². The summed E-state index contributed by atoms with van der Waals surface area (Å²) in [5.74, 6) is -0.0258. The first-order chi connectivity index (χ1) is 17.2. The Morgan fingerprint density at radius 3 is 1.66 bits per heavy atom. The van der Waals surface area contributed by atoms with E-state index in [1.807, 2.05) is 59.5 Å². The number of carbonyl (C=O) groups is 2. The van der Waals surface area contributed by atoms with E-state index in [2.05, 4.69) is 41.3 Å². The third kappa shape index (κ3) is 5.01. The normalized spacial score (nSPS) is 17.9. The molecule has 5 nitrogen and oxygen atoms in total. The first-order valence-electron chi connectivity index (χ1n) is 12.6. The van der Waals surface area contributed by atoms with Crippen molar-refractivity contribution in [3.63, 3.8) is 0 Å². The van der Waals surface area contributed by atoms with E-state index < -0.39 is 5.54 Å². The zero-order valence-electron chi connectivity index (χ0n) is 20.2. The number of nitrogens with zero attached hydrogens (tertiary/aromatic N) is 3. The minimum atomic E-state index is -0.732. The maximum absolute atomic E-state index is 13.8. The van der Waals surface area contributed by atoms with Crippen LogP contribution in [0.15, 0.2) is 91.0 Å². The number of hydrogen-bond acceptors (Lipinski definition) is 3. The molecule has 3 amide bonds. The average molecular weight is 468 g/mol. The van der Waals surface area contributed by atoms with Crippen LogP contribution < -0.4 is 0 Å². The van der Waals surface area contributed by atoms with Gasteiger partial charge in [-0.3, -0.25) is 9.69 Å². The molecule has 180 valence electrons. The highest BCUT2D eigenvalue weighted by Gasteiger charge is 2.57. The Labute approximate surface area is 208 Å². The van der Waals surface area contributed by atoms with Gasteiger partial charge in [0.05, 0.1) is 6.54 Å². The Bertz CT molecular complexity index is 1130. The van der Waals surface area contributed by atoms with Crippen molar-refractivity contribution in [2.45, 2.75) is 37.8 Å². The Morgan fingerprint density at radius 1 is 0.629 bits per heavy atom. The lowest BCUT2D eigenvalue weighted by Crippen LogP contribution is -2.57. The van der Waals surface area contributed by atoms with E-state index in [0.717, 1.165) is 38.0 Å². The van der Waals surface area contributed by atoms with E-state index in [9.17, 15) is 9.59 Å². The van der Waals surface area contributed by atoms with Gasteiger partial charge < -0.3 is 9.80 Å². The van der Waals surface area contributed by atoms with Gasteiger partial charge >= 0.3 is 6.03 Å². The van der Waals surface area contributed by atoms with Crippen molar-refractivity contribution in [1.82, 2.24) is 14.7 Å². The highest BCUT2D eigenvalue weighted by atomic mass is 16.2. The minimum absolute atomic E-state index is 0.0258. The predicted octanol–water partition coefficient (Wildman–Crippen LogP) is 4.77. The summed E-state index contributed by atoms with van der Waals surface area (Å²) >= 11 is 0. The fourth-order valence-corrected chi connectivity index (χ4v) is 5.45. The molecule has 2 aliphatic rings. The molecule has 0 saturated carbocycles. The van der Waals surface area contributed by atoms with Crippen molar-refractivity contribution in [1.29, 1.82) is 0 Å². The van der Waals surface area contributed by atoms with Gasteiger partial charge in [-0.25, -0.2) is 4.79 Å². The monoisotopic (exact) mass is 467 g/mol. The Morgan fingerprint density at radius 2 is 1.11 bits per heavy atom. The van der Waals surface area contributed by atoms with Gasteiger partial charge in [-0.1, -0.05) is 91.0 Å². The molecule has 0 N–H and O–H groups in total. The van der Waals surface area contributed by atoms with Crippen LogP contribution in [0.2, 0.25) is 0 Å². The molecule has 2 fully saturated rings. The Hall–Kier alpha value is -3.44. The lowest BCUT2D eigenvalue weighted by molar-refractivity contribution is -0.136. The molecular formula is C30H33N3O2. The minimum Gasteiger partial charge on any atom is -0.309 e. The molecule has 3 aromatic rings. The summed E-state index contributed by atoms with van der Waals surface area (Å²) in [6.07, 6.45) is 3.12. The summed E-state index contributed by atoms with van der Waals surface area (Å²) in [4.78, 5) is 33.3. The molecular weight excluding hydrogens is 434 g/mol. The molecule has 0 unspecified atom stereocenters. The van der Waals surface area contributed by atoms with Gasteiger partial charge in [0.25, 0.3) is 5.91 Å². The summed E-state index contributed by atoms with van der Waals surface area (Å²) in [7, 11) is 0. The van der Waals surface area contributed by atoms with E-state index in [1.165, 1.54) is 16.0 Å². The molecule has 3 aromatic carbocycles. The molecule has 5 rings (SSSR count). The van der Waals surface area contributed by atoms with Crippen LogP contribution in [-0.4, -0.2) is 58.4 Å². The number of likely N-dealkylation sites (tertiary alicyclic amines) is 1. The molecule has 0 atom stereocenters. The second-order valence-electron chi connectivity index (χ2n) is 9.66. The van der Waals surface area contributed by atoms with Crippen LogP contribution in [0.3, 0.4) is 0 Å². The fourth-order valence-electron chi connectivity index (χ4n) is 5.45. The van der Waals surface area contributed by atoms with Crippen molar-refractivity contribution in [3.8, 4) is 0 Å². The number of benzene rings is 3. The van der Waals surface area contributed by atoms with Crippen LogP contribution in [0.1, 0.15) is 29.5 Å². The number of hydrogen-bond donors (Lipinski definition) is 0. The van der Waals surface area contributed by atoms with Crippen LogP contribution >= 0.6 is 0 Å². The molecule has 0 bridgehead atoms. The van der Waals surface area contributed by atoms with Gasteiger partial charge in [0.15, 0.2) is 0 Å². The zero-order valence-corrected chi connectivity index (χ0v) is 20.2. The number of piperidine rings is 1. The SMILES string of the molecule is O=C1N(Cc2ccccc2)C(=O)C2(CCN(CCc3ccccc3)CC2)N1CCc1ccccc1. The second kappa shape index (κ2) is 10.4. The first-order valence-corrected chi connectivity index (χ1v) is 12.6. The maximum atomic E-state index is 13.8. The first kappa shape index (κ1) is 23.3. The molecule has 0 aliphatic carbocycles. The number of imide groups is 1. The van der Waals surface area contributed by atoms with Gasteiger partial charge in [-0.05, 0) is 42.4 Å². The van der Waals surface area contributed by atoms with E-state index in [-0.39, 0.29) is 11.9 Å². The standard InChI is InChI=1S/C30H33N3O2/c34-28-30(18-22-31(23-19-30)20-16-25-10-4-1-5-11-25)33(21-17-26-12-6-2-7-13-26)29(35)32(28)24-27-14-8-3-9-15-27/h1-15H,16-24H2. The summed E-state index contributed by atoms with van der Waals surface area (Å²) in [6, 6.07) is 30.4. The van der Waals surface area contributed by atoms with Crippen molar-refractivity contribution < 1.29 is 9.59 Å². The largest absolute Gasteiger partial charge is 0.328 e. The van der Waals surface area contributed by atoms with E-state index in [0.29, 0.717) is 25.9 Å². The van der Waals surface area contributed by atoms with Crippen molar-refractivity contribution in [2.24, 2.45) is 0 Å². The van der Waals surface area contributed by atoms with Crippen molar-refractivity contribution in [3.05, 3.63) is 108 Å². The molecule has 5 heteroatoms. The second-order valence-corrected chi connectivity index (χ2v) is 9.66. The lowest BCUT2D eigenvalue weighted by Gasteiger charge is -2.42. The van der Waals surface area contributed by atoms with E-state index >= 15 is 0 Å². The van der Waals surface area contributed by atoms with E-state index in [4.69, 9.17) is 0 Å². The molecule has 2 saturated heterocycles. The number of carbonyl (C=O) groups excluding carboxylic acids is 2. The molecule has 1 spiro atoms. The van der Waals surface area contributed by atoms with Crippen LogP contribution in [0.25, 0.3) is 0 Å². The van der Waals surface area contributed by atoms with E-state index in [1.54, 1.807) is 0 Å². The fraction of sp³-hybridized carbons (Fsp3) is 0.333. The molecule has 2 aliphatic heterocycles. The smallest absolute Gasteiger partial charge is 0.309 e. The van der Waals surface area contributed by atoms with Crippen molar-refractivity contribution >= 4 is 11.9 Å². The molecule has 2 heterocycles. The third-order valence-corrected chi connectivity index (χ3v) is 7.51. The van der Waals surface area contributed by atoms with Gasteiger partial charge in [-0.2, -0.15) is 0 Å². The maximum Gasteiger partial charge on any atom is 0.328 e. The van der Waals surface area contributed by atoms with Crippen LogP contribution in [0, 0.1) is 0 Å². The van der Waals surface area contributed by atoms with Gasteiger partial charge in [0, 0.05) is 26.2 Å². The third-order valence-electron chi connectivity index (χ3n) is 7.51. The lowest BCUT2D eigenvalue weighted by atomic mass is 9.85. The summed E-state index contributed by atoms with van der Waals surface area (Å²) in [6.45, 7) is 3.52. The number of rotatable bonds is 8. The molecule has 0 radical (unpaired) electrons. The zero-order chi connectivity index (χ0) is 24.1. The number of amides is 3. The van der Waals surface area contributed by atoms with Gasteiger partial charge in [0.2, 0.25) is 0 Å². The average Bonchev–Trinajstić information content (AvgIpc) is 3.10. The molecule has 35 heavy (non-hydrogen) atoms. The van der Waals surface area contributed by atoms with Crippen LogP contribution in [0.4, 0.5) is 4.79 Å². The Kier molecular flexibility index (Phi) is 6.96. The van der Waals surface area contributed by atoms with Crippen molar-refractivity contribution in [2.75, 3.05) is 26.2 Å². The number of urea groups is 1. The summed E-state index contributed by atoms with van der Waals surface area (Å²) < 4.78 is 0. The highest BCUT2D eigenvalue weighted by molar-refractivity contribution is 6.07. The van der Waals surface area contributed by atoms with Crippen LogP contribution in [-0.2, 0) is 24.2 Å². The van der Waals surface area contributed by atoms with Gasteiger partial charge in [-0.15, -0.1) is 0 Å². The summed E-state index contributed by atoms with van der Waals surface area (Å²) in [5.41, 5.74) is 2.77.